The Morgan fingerprint density at radius 1 is 0.967 bits per heavy atom. The molecule has 1 atom stereocenters. The number of likely N-dealkylation sites (tertiary alicyclic amines) is 2. The van der Waals surface area contributed by atoms with Crippen LogP contribution in [-0.4, -0.2) is 77.0 Å². The Balaban J connectivity index is 1.60. The van der Waals surface area contributed by atoms with Crippen LogP contribution in [0.4, 0.5) is 0 Å². The number of carbonyl (C=O) groups is 3. The third kappa shape index (κ3) is 3.71. The highest BCUT2D eigenvalue weighted by Gasteiger charge is 2.55. The minimum absolute atomic E-state index is 0.0191. The second kappa shape index (κ2) is 8.38. The van der Waals surface area contributed by atoms with Crippen LogP contribution in [0.1, 0.15) is 49.9 Å². The molecule has 3 fully saturated rings. The van der Waals surface area contributed by atoms with E-state index in [4.69, 9.17) is 4.74 Å². The fraction of sp³-hybridized carbons (Fsp3) is 0.609. The monoisotopic (exact) mass is 413 g/mol. The Morgan fingerprint density at radius 2 is 1.60 bits per heavy atom. The lowest BCUT2D eigenvalue weighted by molar-refractivity contribution is -0.147. The van der Waals surface area contributed by atoms with Crippen molar-refractivity contribution in [2.24, 2.45) is 5.92 Å². The van der Waals surface area contributed by atoms with Crippen molar-refractivity contribution in [3.8, 4) is 0 Å². The van der Waals surface area contributed by atoms with Gasteiger partial charge >= 0.3 is 0 Å². The summed E-state index contributed by atoms with van der Waals surface area (Å²) < 4.78 is 6.24. The smallest absolute Gasteiger partial charge is 0.256 e. The molecule has 7 heteroatoms. The van der Waals surface area contributed by atoms with Gasteiger partial charge in [-0.25, -0.2) is 0 Å². The quantitative estimate of drug-likeness (QED) is 0.761. The topological polar surface area (TPSA) is 70.2 Å². The third-order valence-corrected chi connectivity index (χ3v) is 6.55. The summed E-state index contributed by atoms with van der Waals surface area (Å²) in [7, 11) is 0. The summed E-state index contributed by atoms with van der Waals surface area (Å²) in [6, 6.07) is 8.49. The lowest BCUT2D eigenvalue weighted by Crippen LogP contribution is -2.60. The average Bonchev–Trinajstić information content (AvgIpc) is 3.42. The molecule has 3 heterocycles. The normalized spacial score (nSPS) is 23.4. The highest BCUT2D eigenvalue weighted by Crippen LogP contribution is 2.39. The fourth-order valence-electron chi connectivity index (χ4n) is 4.87. The molecule has 3 aliphatic rings. The number of amides is 3. The van der Waals surface area contributed by atoms with E-state index in [1.807, 2.05) is 41.8 Å². The first-order valence-corrected chi connectivity index (χ1v) is 11.0. The van der Waals surface area contributed by atoms with Crippen molar-refractivity contribution in [2.45, 2.75) is 51.3 Å². The van der Waals surface area contributed by atoms with Crippen LogP contribution in [-0.2, 0) is 14.3 Å². The fourth-order valence-corrected chi connectivity index (χ4v) is 4.87. The molecule has 1 spiro atoms. The van der Waals surface area contributed by atoms with Gasteiger partial charge in [0.2, 0.25) is 11.8 Å². The molecule has 0 aliphatic carbocycles. The van der Waals surface area contributed by atoms with Gasteiger partial charge in [-0.3, -0.25) is 19.3 Å². The van der Waals surface area contributed by atoms with E-state index >= 15 is 0 Å². The summed E-state index contributed by atoms with van der Waals surface area (Å²) in [5.41, 5.74) is -0.275. The van der Waals surface area contributed by atoms with Crippen LogP contribution in [0.15, 0.2) is 30.3 Å². The molecule has 0 bridgehead atoms. The van der Waals surface area contributed by atoms with E-state index in [-0.39, 0.29) is 30.2 Å². The number of rotatable bonds is 3. The van der Waals surface area contributed by atoms with Crippen LogP contribution in [0.25, 0.3) is 0 Å². The van der Waals surface area contributed by atoms with Crippen LogP contribution in [0, 0.1) is 5.92 Å². The predicted octanol–water partition coefficient (Wildman–Crippen LogP) is 2.12. The molecule has 162 valence electrons. The maximum Gasteiger partial charge on any atom is 0.256 e. The highest BCUT2D eigenvalue weighted by atomic mass is 16.5. The zero-order valence-corrected chi connectivity index (χ0v) is 17.9. The van der Waals surface area contributed by atoms with Gasteiger partial charge in [0.05, 0.1) is 6.61 Å². The van der Waals surface area contributed by atoms with E-state index in [0.717, 1.165) is 25.9 Å². The summed E-state index contributed by atoms with van der Waals surface area (Å²) in [5.74, 6) is -0.132. The van der Waals surface area contributed by atoms with Gasteiger partial charge in [-0.05, 0) is 25.0 Å². The molecule has 7 nitrogen and oxygen atoms in total. The molecule has 30 heavy (non-hydrogen) atoms. The summed E-state index contributed by atoms with van der Waals surface area (Å²) >= 11 is 0. The van der Waals surface area contributed by atoms with Crippen molar-refractivity contribution in [1.29, 1.82) is 0 Å². The van der Waals surface area contributed by atoms with E-state index in [9.17, 15) is 14.4 Å². The minimum Gasteiger partial charge on any atom is -0.353 e. The molecule has 0 N–H and O–H groups in total. The van der Waals surface area contributed by atoms with Crippen LogP contribution < -0.4 is 0 Å². The molecule has 0 radical (unpaired) electrons. The van der Waals surface area contributed by atoms with Crippen molar-refractivity contribution >= 4 is 17.7 Å². The Bertz CT molecular complexity index is 796. The zero-order chi connectivity index (χ0) is 21.3. The van der Waals surface area contributed by atoms with Crippen molar-refractivity contribution in [1.82, 2.24) is 14.7 Å². The van der Waals surface area contributed by atoms with Crippen LogP contribution >= 0.6 is 0 Å². The molecule has 1 aromatic rings. The summed E-state index contributed by atoms with van der Waals surface area (Å²) in [5, 5.41) is 0. The second-order valence-corrected chi connectivity index (χ2v) is 8.83. The first kappa shape index (κ1) is 20.8. The Morgan fingerprint density at radius 3 is 2.20 bits per heavy atom. The third-order valence-electron chi connectivity index (χ3n) is 6.55. The number of benzene rings is 1. The van der Waals surface area contributed by atoms with Crippen LogP contribution in [0.3, 0.4) is 0 Å². The first-order valence-electron chi connectivity index (χ1n) is 11.0. The van der Waals surface area contributed by atoms with E-state index < -0.39 is 11.8 Å². The number of carbonyl (C=O) groups excluding carboxylic acids is 3. The van der Waals surface area contributed by atoms with E-state index in [1.54, 1.807) is 17.0 Å². The predicted molar refractivity (Wildman–Crippen MR) is 112 cm³/mol. The van der Waals surface area contributed by atoms with Gasteiger partial charge in [0.15, 0.2) is 0 Å². The van der Waals surface area contributed by atoms with Gasteiger partial charge in [0.25, 0.3) is 5.91 Å². The SMILES string of the molecule is CC(C)C(=O)N1CCC2(CC1)OCC(C(=O)N1CCCC1)N2C(=O)c1ccccc1. The van der Waals surface area contributed by atoms with Crippen LogP contribution in [0.5, 0.6) is 0 Å². The van der Waals surface area contributed by atoms with E-state index in [0.29, 0.717) is 31.5 Å². The van der Waals surface area contributed by atoms with Gasteiger partial charge in [0.1, 0.15) is 11.8 Å². The van der Waals surface area contributed by atoms with Gasteiger partial charge in [-0.1, -0.05) is 32.0 Å². The Labute approximate surface area is 177 Å². The van der Waals surface area contributed by atoms with E-state index in [2.05, 4.69) is 0 Å². The van der Waals surface area contributed by atoms with Gasteiger partial charge in [-0.15, -0.1) is 0 Å². The van der Waals surface area contributed by atoms with Crippen molar-refractivity contribution in [3.05, 3.63) is 35.9 Å². The Hall–Kier alpha value is -2.41. The molecule has 3 saturated heterocycles. The summed E-state index contributed by atoms with van der Waals surface area (Å²) in [6.45, 7) is 6.55. The molecule has 0 saturated carbocycles. The molecule has 1 unspecified atom stereocenters. The van der Waals surface area contributed by atoms with Crippen molar-refractivity contribution in [3.63, 3.8) is 0 Å². The minimum atomic E-state index is -0.833. The molecule has 3 amide bonds. The lowest BCUT2D eigenvalue weighted by Gasteiger charge is -2.45. The van der Waals surface area contributed by atoms with Crippen LogP contribution in [0.2, 0.25) is 0 Å². The molecular formula is C23H31N3O4. The number of nitrogens with zero attached hydrogens (tertiary/aromatic N) is 3. The zero-order valence-electron chi connectivity index (χ0n) is 17.9. The molecule has 4 rings (SSSR count). The Kier molecular flexibility index (Phi) is 5.82. The maximum absolute atomic E-state index is 13.6. The second-order valence-electron chi connectivity index (χ2n) is 8.83. The van der Waals surface area contributed by atoms with E-state index in [1.165, 1.54) is 0 Å². The van der Waals surface area contributed by atoms with Gasteiger partial charge in [-0.2, -0.15) is 0 Å². The largest absolute Gasteiger partial charge is 0.353 e. The maximum atomic E-state index is 13.6. The number of ether oxygens (including phenoxy) is 1. The first-order chi connectivity index (χ1) is 14.4. The van der Waals surface area contributed by atoms with Crippen molar-refractivity contribution < 1.29 is 19.1 Å². The molecule has 0 aromatic heterocycles. The molecular weight excluding hydrogens is 382 g/mol. The number of hydrogen-bond acceptors (Lipinski definition) is 4. The number of hydrogen-bond donors (Lipinski definition) is 0. The average molecular weight is 414 g/mol. The molecule has 1 aromatic carbocycles. The highest BCUT2D eigenvalue weighted by molar-refractivity contribution is 5.98. The van der Waals surface area contributed by atoms with Gasteiger partial charge in [0, 0.05) is 50.5 Å². The summed E-state index contributed by atoms with van der Waals surface area (Å²) in [6.07, 6.45) is 3.05. The summed E-state index contributed by atoms with van der Waals surface area (Å²) in [4.78, 5) is 44.7. The standard InChI is InChI=1S/C23H31N3O4/c1-17(2)20(27)25-14-10-23(11-15-25)26(21(28)18-8-4-3-5-9-18)19(16-30-23)22(29)24-12-6-7-13-24/h3-5,8-9,17,19H,6-7,10-16H2,1-2H3. The number of piperidine rings is 1. The van der Waals surface area contributed by atoms with Crippen molar-refractivity contribution in [2.75, 3.05) is 32.8 Å². The van der Waals surface area contributed by atoms with Gasteiger partial charge < -0.3 is 14.5 Å². The molecule has 3 aliphatic heterocycles. The lowest BCUT2D eigenvalue weighted by atomic mass is 9.95.